The van der Waals surface area contributed by atoms with Gasteiger partial charge < -0.3 is 15.4 Å². The fourth-order valence-corrected chi connectivity index (χ4v) is 4.18. The van der Waals surface area contributed by atoms with Crippen molar-refractivity contribution in [2.45, 2.75) is 6.92 Å². The molecule has 0 saturated carbocycles. The van der Waals surface area contributed by atoms with Crippen molar-refractivity contribution in [2.24, 2.45) is 0 Å². The number of nitrogens with one attached hydrogen (secondary N) is 2. The summed E-state index contributed by atoms with van der Waals surface area (Å²) in [5.74, 6) is -0.00224. The monoisotopic (exact) mass is 440 g/mol. The molecule has 0 radical (unpaired) electrons. The summed E-state index contributed by atoms with van der Waals surface area (Å²) in [6, 6.07) is 22.9. The van der Waals surface area contributed by atoms with Gasteiger partial charge in [0.25, 0.3) is 5.91 Å². The Morgan fingerprint density at radius 3 is 2.66 bits per heavy atom. The Kier molecular flexibility index (Phi) is 6.15. The minimum Gasteiger partial charge on any atom is -0.495 e. The van der Waals surface area contributed by atoms with Crippen LogP contribution in [0.25, 0.3) is 20.8 Å². The molecular formula is C25H20N4O2S. The molecule has 0 aliphatic carbocycles. The number of para-hydroxylation sites is 2. The Balaban J connectivity index is 1.47. The van der Waals surface area contributed by atoms with Crippen LogP contribution in [-0.4, -0.2) is 18.0 Å². The molecule has 1 heterocycles. The van der Waals surface area contributed by atoms with Crippen LogP contribution in [0.3, 0.4) is 0 Å². The molecular weight excluding hydrogens is 420 g/mol. The topological polar surface area (TPSA) is 87.0 Å². The first-order chi connectivity index (χ1) is 15.6. The van der Waals surface area contributed by atoms with E-state index < -0.39 is 5.91 Å². The number of carbonyl (C=O) groups is 1. The van der Waals surface area contributed by atoms with Gasteiger partial charge in [-0.2, -0.15) is 5.26 Å². The maximum atomic E-state index is 12.5. The molecule has 32 heavy (non-hydrogen) atoms. The predicted octanol–water partition coefficient (Wildman–Crippen LogP) is 5.74. The lowest BCUT2D eigenvalue weighted by molar-refractivity contribution is -0.112. The lowest BCUT2D eigenvalue weighted by Crippen LogP contribution is -2.15. The number of nitriles is 1. The summed E-state index contributed by atoms with van der Waals surface area (Å²) < 4.78 is 6.38. The van der Waals surface area contributed by atoms with Crippen molar-refractivity contribution >= 4 is 38.8 Å². The second-order valence-corrected chi connectivity index (χ2v) is 8.07. The third-order valence-corrected chi connectivity index (χ3v) is 5.85. The summed E-state index contributed by atoms with van der Waals surface area (Å²) in [5, 5.41) is 16.1. The Morgan fingerprint density at radius 2 is 1.91 bits per heavy atom. The quantitative estimate of drug-likeness (QED) is 0.295. The molecule has 1 aromatic heterocycles. The Bertz CT molecular complexity index is 1350. The van der Waals surface area contributed by atoms with Crippen LogP contribution < -0.4 is 15.4 Å². The molecule has 2 N–H and O–H groups in total. The van der Waals surface area contributed by atoms with Gasteiger partial charge in [0.1, 0.15) is 22.4 Å². The number of hydrogen-bond donors (Lipinski definition) is 2. The van der Waals surface area contributed by atoms with Gasteiger partial charge in [-0.05, 0) is 61.0 Å². The normalized spacial score (nSPS) is 11.1. The van der Waals surface area contributed by atoms with Crippen LogP contribution in [0.2, 0.25) is 0 Å². The molecule has 0 spiro atoms. The lowest BCUT2D eigenvalue weighted by atomic mass is 10.2. The number of amides is 1. The maximum absolute atomic E-state index is 12.5. The standard InChI is InChI=1S/C25H20N4O2S/c1-16-7-12-21-23(13-16)32-25(29-21)17-8-10-19(11-9-17)27-15-18(14-26)24(30)28-20-5-3-4-6-22(20)31-2/h3-13,15,27H,1-2H3,(H,28,30)/b18-15-. The lowest BCUT2D eigenvalue weighted by Gasteiger charge is -2.09. The van der Waals surface area contributed by atoms with Crippen LogP contribution in [0, 0.1) is 18.3 Å². The summed E-state index contributed by atoms with van der Waals surface area (Å²) in [6.45, 7) is 2.07. The molecule has 3 aromatic carbocycles. The van der Waals surface area contributed by atoms with Gasteiger partial charge in [-0.1, -0.05) is 18.2 Å². The molecule has 0 bridgehead atoms. The van der Waals surface area contributed by atoms with Gasteiger partial charge in [-0.25, -0.2) is 4.98 Å². The Morgan fingerprint density at radius 1 is 1.12 bits per heavy atom. The molecule has 1 amide bonds. The van der Waals surface area contributed by atoms with Gasteiger partial charge >= 0.3 is 0 Å². The van der Waals surface area contributed by atoms with E-state index in [1.54, 1.807) is 35.6 Å². The van der Waals surface area contributed by atoms with Crippen molar-refractivity contribution in [3.8, 4) is 22.4 Å². The fourth-order valence-electron chi connectivity index (χ4n) is 3.11. The zero-order chi connectivity index (χ0) is 22.5. The largest absolute Gasteiger partial charge is 0.495 e. The number of anilines is 2. The van der Waals surface area contributed by atoms with E-state index in [2.05, 4.69) is 29.7 Å². The molecule has 6 nitrogen and oxygen atoms in total. The van der Waals surface area contributed by atoms with E-state index >= 15 is 0 Å². The fraction of sp³-hybridized carbons (Fsp3) is 0.0800. The highest BCUT2D eigenvalue weighted by Crippen LogP contribution is 2.31. The van der Waals surface area contributed by atoms with Gasteiger partial charge in [0.2, 0.25) is 0 Å². The van der Waals surface area contributed by atoms with Crippen LogP contribution in [0.4, 0.5) is 11.4 Å². The minimum absolute atomic E-state index is 0.0541. The van der Waals surface area contributed by atoms with Gasteiger partial charge in [0.05, 0.1) is 23.0 Å². The highest BCUT2D eigenvalue weighted by Gasteiger charge is 2.12. The van der Waals surface area contributed by atoms with Crippen molar-refractivity contribution in [1.29, 1.82) is 5.26 Å². The van der Waals surface area contributed by atoms with Gasteiger partial charge in [-0.15, -0.1) is 11.3 Å². The number of thiazole rings is 1. The third-order valence-electron chi connectivity index (χ3n) is 4.78. The number of rotatable bonds is 6. The average Bonchev–Trinajstić information content (AvgIpc) is 3.23. The highest BCUT2D eigenvalue weighted by atomic mass is 32.1. The van der Waals surface area contributed by atoms with Crippen molar-refractivity contribution < 1.29 is 9.53 Å². The van der Waals surface area contributed by atoms with E-state index in [4.69, 9.17) is 9.72 Å². The van der Waals surface area contributed by atoms with Crippen LogP contribution in [0.5, 0.6) is 5.75 Å². The van der Waals surface area contributed by atoms with Gasteiger partial charge in [0.15, 0.2) is 0 Å². The number of fused-ring (bicyclic) bond motifs is 1. The Hall–Kier alpha value is -4.15. The zero-order valence-electron chi connectivity index (χ0n) is 17.5. The summed E-state index contributed by atoms with van der Waals surface area (Å²) >= 11 is 1.65. The number of benzene rings is 3. The second-order valence-electron chi connectivity index (χ2n) is 7.04. The number of aryl methyl sites for hydroxylation is 1. The molecule has 0 aliphatic heterocycles. The van der Waals surface area contributed by atoms with Gasteiger partial charge in [-0.3, -0.25) is 4.79 Å². The first-order valence-corrected chi connectivity index (χ1v) is 10.7. The van der Waals surface area contributed by atoms with E-state index in [9.17, 15) is 10.1 Å². The van der Waals surface area contributed by atoms with Crippen LogP contribution in [-0.2, 0) is 4.79 Å². The molecule has 0 fully saturated rings. The number of aromatic nitrogens is 1. The molecule has 0 aliphatic rings. The minimum atomic E-state index is -0.522. The van der Waals surface area contributed by atoms with Crippen molar-refractivity contribution in [3.63, 3.8) is 0 Å². The van der Waals surface area contributed by atoms with E-state index in [-0.39, 0.29) is 5.57 Å². The molecule has 4 rings (SSSR count). The highest BCUT2D eigenvalue weighted by molar-refractivity contribution is 7.21. The zero-order valence-corrected chi connectivity index (χ0v) is 18.4. The maximum Gasteiger partial charge on any atom is 0.267 e. The summed E-state index contributed by atoms with van der Waals surface area (Å²) in [4.78, 5) is 17.2. The number of ether oxygens (including phenoxy) is 1. The summed E-state index contributed by atoms with van der Waals surface area (Å²) in [6.07, 6.45) is 1.39. The average molecular weight is 441 g/mol. The van der Waals surface area contributed by atoms with Crippen LogP contribution in [0.1, 0.15) is 5.56 Å². The van der Waals surface area contributed by atoms with Gasteiger partial charge in [0, 0.05) is 17.5 Å². The number of methoxy groups -OCH3 is 1. The number of nitrogens with zero attached hydrogens (tertiary/aromatic N) is 2. The molecule has 7 heteroatoms. The molecule has 0 unspecified atom stereocenters. The smallest absolute Gasteiger partial charge is 0.267 e. The number of carbonyl (C=O) groups excluding carboxylic acids is 1. The van der Waals surface area contributed by atoms with Crippen LogP contribution >= 0.6 is 11.3 Å². The van der Waals surface area contributed by atoms with E-state index in [1.807, 2.05) is 36.4 Å². The summed E-state index contributed by atoms with van der Waals surface area (Å²) in [5.41, 5.74) is 4.40. The van der Waals surface area contributed by atoms with E-state index in [0.29, 0.717) is 11.4 Å². The van der Waals surface area contributed by atoms with Crippen LogP contribution in [0.15, 0.2) is 78.5 Å². The van der Waals surface area contributed by atoms with Crippen molar-refractivity contribution in [1.82, 2.24) is 4.98 Å². The second kappa shape index (κ2) is 9.33. The first-order valence-electron chi connectivity index (χ1n) is 9.86. The molecule has 158 valence electrons. The number of hydrogen-bond acceptors (Lipinski definition) is 6. The van der Waals surface area contributed by atoms with Crippen molar-refractivity contribution in [2.75, 3.05) is 17.7 Å². The third kappa shape index (κ3) is 4.61. The van der Waals surface area contributed by atoms with E-state index in [0.717, 1.165) is 26.5 Å². The summed E-state index contributed by atoms with van der Waals surface area (Å²) in [7, 11) is 1.52. The predicted molar refractivity (Wildman–Crippen MR) is 129 cm³/mol. The molecule has 0 atom stereocenters. The molecule has 4 aromatic rings. The first kappa shape index (κ1) is 21.1. The van der Waals surface area contributed by atoms with Crippen molar-refractivity contribution in [3.05, 3.63) is 84.1 Å². The SMILES string of the molecule is COc1ccccc1NC(=O)/C(C#N)=C\Nc1ccc(-c2nc3ccc(C)cc3s2)cc1. The Labute approximate surface area is 189 Å². The van der Waals surface area contributed by atoms with E-state index in [1.165, 1.54) is 18.9 Å². The molecule has 0 saturated heterocycles.